The van der Waals surface area contributed by atoms with E-state index in [1.807, 2.05) is 26.8 Å². The first-order valence-corrected chi connectivity index (χ1v) is 12.6. The van der Waals surface area contributed by atoms with Gasteiger partial charge in [0.25, 0.3) is 0 Å². The number of Topliss-reactive ketones (excluding diaryl/α,β-unsaturated/α-hetero) is 1. The van der Waals surface area contributed by atoms with Crippen LogP contribution in [0.1, 0.15) is 67.0 Å². The van der Waals surface area contributed by atoms with E-state index in [9.17, 15) is 9.59 Å². The molecule has 3 heterocycles. The van der Waals surface area contributed by atoms with E-state index in [-0.39, 0.29) is 29.5 Å². The molecule has 0 bridgehead atoms. The molecule has 0 amide bonds. The smallest absolute Gasteiger partial charge is 0.336 e. The summed E-state index contributed by atoms with van der Waals surface area (Å²) in [5, 5.41) is 5.49. The summed E-state index contributed by atoms with van der Waals surface area (Å²) in [5.41, 5.74) is 3.08. The number of ether oxygens (including phenoxy) is 1. The van der Waals surface area contributed by atoms with Crippen molar-refractivity contribution in [3.8, 4) is 0 Å². The van der Waals surface area contributed by atoms with Crippen molar-refractivity contribution in [1.82, 2.24) is 5.32 Å². The molecule has 0 spiro atoms. The number of dihydropyridines is 1. The highest BCUT2D eigenvalue weighted by atomic mass is 32.1. The summed E-state index contributed by atoms with van der Waals surface area (Å²) in [4.78, 5) is 30.2. The molecule has 1 aliphatic carbocycles. The fraction of sp³-hybridized carbons (Fsp3) is 0.440. The second-order valence-corrected chi connectivity index (χ2v) is 10.9. The molecule has 2 aromatic rings. The molecule has 2 aromatic heterocycles. The Labute approximate surface area is 192 Å². The van der Waals surface area contributed by atoms with Crippen LogP contribution in [0.15, 0.2) is 52.2 Å². The van der Waals surface area contributed by atoms with E-state index in [2.05, 4.69) is 35.8 Å². The van der Waals surface area contributed by atoms with Crippen LogP contribution in [0.3, 0.4) is 0 Å². The molecule has 4 rings (SSSR count). The van der Waals surface area contributed by atoms with Crippen molar-refractivity contribution in [2.75, 3.05) is 6.61 Å². The van der Waals surface area contributed by atoms with Crippen molar-refractivity contribution in [3.63, 3.8) is 0 Å². The average Bonchev–Trinajstić information content (AvgIpc) is 3.42. The number of allylic oxidation sites excluding steroid dienone is 3. The minimum Gasteiger partial charge on any atom is -0.462 e. The van der Waals surface area contributed by atoms with Crippen molar-refractivity contribution < 1.29 is 14.3 Å². The van der Waals surface area contributed by atoms with Gasteiger partial charge >= 0.3 is 5.97 Å². The molecule has 1 aliphatic heterocycles. The van der Waals surface area contributed by atoms with E-state index in [0.717, 1.165) is 34.7 Å². The molecule has 6 heteroatoms. The highest BCUT2D eigenvalue weighted by molar-refractivity contribution is 7.12. The maximum absolute atomic E-state index is 13.5. The van der Waals surface area contributed by atoms with E-state index in [4.69, 9.17) is 4.74 Å². The number of carbonyl (C=O) groups is 2. The summed E-state index contributed by atoms with van der Waals surface area (Å²) in [6, 6.07) is 8.33. The monoisotopic (exact) mass is 455 g/mol. The quantitative estimate of drug-likeness (QED) is 0.548. The summed E-state index contributed by atoms with van der Waals surface area (Å²) < 4.78 is 5.63. The van der Waals surface area contributed by atoms with Gasteiger partial charge in [0.15, 0.2) is 5.78 Å². The van der Waals surface area contributed by atoms with Gasteiger partial charge in [-0.3, -0.25) is 4.79 Å². The van der Waals surface area contributed by atoms with Gasteiger partial charge in [-0.1, -0.05) is 26.8 Å². The third kappa shape index (κ3) is 4.41. The summed E-state index contributed by atoms with van der Waals surface area (Å²) >= 11 is 3.39. The van der Waals surface area contributed by atoms with Crippen LogP contribution < -0.4 is 5.32 Å². The Bertz CT molecular complexity index is 1040. The maximum Gasteiger partial charge on any atom is 0.336 e. The molecule has 164 valence electrons. The highest BCUT2D eigenvalue weighted by Gasteiger charge is 2.42. The van der Waals surface area contributed by atoms with E-state index in [1.54, 1.807) is 22.7 Å². The predicted molar refractivity (Wildman–Crippen MR) is 126 cm³/mol. The first-order chi connectivity index (χ1) is 14.9. The van der Waals surface area contributed by atoms with Crippen molar-refractivity contribution in [2.24, 2.45) is 5.92 Å². The second kappa shape index (κ2) is 9.13. The minimum absolute atomic E-state index is 0.130. The number of hydrogen-bond acceptors (Lipinski definition) is 6. The van der Waals surface area contributed by atoms with Crippen molar-refractivity contribution in [1.29, 1.82) is 0 Å². The lowest BCUT2D eigenvalue weighted by Gasteiger charge is -2.36. The Hall–Kier alpha value is -2.18. The molecule has 1 N–H and O–H groups in total. The lowest BCUT2D eigenvalue weighted by atomic mass is 9.74. The van der Waals surface area contributed by atoms with Gasteiger partial charge in [-0.25, -0.2) is 4.79 Å². The van der Waals surface area contributed by atoms with Gasteiger partial charge in [0.2, 0.25) is 0 Å². The van der Waals surface area contributed by atoms with Crippen LogP contribution >= 0.6 is 22.7 Å². The van der Waals surface area contributed by atoms with Crippen LogP contribution in [0, 0.1) is 5.92 Å². The van der Waals surface area contributed by atoms with E-state index in [0.29, 0.717) is 18.6 Å². The summed E-state index contributed by atoms with van der Waals surface area (Å²) in [7, 11) is 0. The normalized spacial score (nSPS) is 21.4. The lowest BCUT2D eigenvalue weighted by Crippen LogP contribution is -2.36. The number of esters is 1. The van der Waals surface area contributed by atoms with Gasteiger partial charge in [-0.2, -0.15) is 0 Å². The zero-order chi connectivity index (χ0) is 22.1. The van der Waals surface area contributed by atoms with Crippen molar-refractivity contribution in [2.45, 2.75) is 58.8 Å². The molecule has 4 nitrogen and oxygen atoms in total. The first-order valence-electron chi connectivity index (χ1n) is 10.9. The van der Waals surface area contributed by atoms with Gasteiger partial charge in [0.05, 0.1) is 18.1 Å². The Kier molecular flexibility index (Phi) is 6.49. The number of carbonyl (C=O) groups excluding carboxylic acids is 2. The van der Waals surface area contributed by atoms with Crippen molar-refractivity contribution >= 4 is 34.4 Å². The molecule has 0 unspecified atom stereocenters. The average molecular weight is 456 g/mol. The van der Waals surface area contributed by atoms with Crippen LogP contribution in [0.2, 0.25) is 0 Å². The van der Waals surface area contributed by atoms with Gasteiger partial charge in [0.1, 0.15) is 0 Å². The molecule has 2 aliphatic rings. The van der Waals surface area contributed by atoms with Crippen LogP contribution in [0.4, 0.5) is 0 Å². The predicted octanol–water partition coefficient (Wildman–Crippen LogP) is 5.93. The Morgan fingerprint density at radius 1 is 1.23 bits per heavy atom. The lowest BCUT2D eigenvalue weighted by molar-refractivity contribution is -0.140. The highest BCUT2D eigenvalue weighted by Crippen LogP contribution is 2.47. The SMILES string of the molecule is CCc1ccc([C@H]2C(C(=O)OCC(C)C)=C(C)NC3=C2C(=O)C[C@H](c2cccs2)C3)s1. The van der Waals surface area contributed by atoms with E-state index in [1.165, 1.54) is 9.75 Å². The molecule has 0 saturated carbocycles. The first kappa shape index (κ1) is 22.0. The van der Waals surface area contributed by atoms with Gasteiger partial charge in [-0.15, -0.1) is 22.7 Å². The Morgan fingerprint density at radius 3 is 2.68 bits per heavy atom. The van der Waals surface area contributed by atoms with Crippen LogP contribution in [0.5, 0.6) is 0 Å². The fourth-order valence-electron chi connectivity index (χ4n) is 4.38. The zero-order valence-corrected chi connectivity index (χ0v) is 20.1. The Morgan fingerprint density at radius 2 is 2.03 bits per heavy atom. The number of hydrogen-bond donors (Lipinski definition) is 1. The second-order valence-electron chi connectivity index (χ2n) is 8.68. The minimum atomic E-state index is -0.349. The largest absolute Gasteiger partial charge is 0.462 e. The summed E-state index contributed by atoms with van der Waals surface area (Å²) in [6.07, 6.45) is 2.21. The van der Waals surface area contributed by atoms with Crippen LogP contribution in [-0.2, 0) is 20.7 Å². The van der Waals surface area contributed by atoms with Crippen LogP contribution in [-0.4, -0.2) is 18.4 Å². The number of thiophene rings is 2. The number of nitrogens with one attached hydrogen (secondary N) is 1. The Balaban J connectivity index is 1.75. The van der Waals surface area contributed by atoms with Crippen LogP contribution in [0.25, 0.3) is 0 Å². The molecule has 0 saturated heterocycles. The van der Waals surface area contributed by atoms with E-state index < -0.39 is 0 Å². The number of aryl methyl sites for hydroxylation is 1. The summed E-state index contributed by atoms with van der Waals surface area (Å²) in [6.45, 7) is 8.46. The molecule has 0 aromatic carbocycles. The third-order valence-corrected chi connectivity index (χ3v) is 8.19. The molecule has 31 heavy (non-hydrogen) atoms. The molecular weight excluding hydrogens is 426 g/mol. The molecule has 0 fully saturated rings. The van der Waals surface area contributed by atoms with Gasteiger partial charge in [0, 0.05) is 43.9 Å². The number of ketones is 1. The maximum atomic E-state index is 13.5. The van der Waals surface area contributed by atoms with Crippen molar-refractivity contribution in [3.05, 3.63) is 66.8 Å². The topological polar surface area (TPSA) is 55.4 Å². The molecular formula is C25H29NO3S2. The molecule has 0 radical (unpaired) electrons. The standard InChI is InChI=1S/C25H29NO3S2/c1-5-17-8-9-21(31-17)24-22(25(28)29-13-14(2)3)15(4)26-18-11-16(12-19(27)23(18)24)20-7-6-10-30-20/h6-10,14,16,24,26H,5,11-13H2,1-4H3/t16-,24+/m1/s1. The third-order valence-electron chi connectivity index (χ3n) is 5.86. The number of rotatable bonds is 6. The molecule has 2 atom stereocenters. The van der Waals surface area contributed by atoms with E-state index >= 15 is 0 Å². The van der Waals surface area contributed by atoms with Gasteiger partial charge in [-0.05, 0) is 49.3 Å². The van der Waals surface area contributed by atoms with Gasteiger partial charge < -0.3 is 10.1 Å². The zero-order valence-electron chi connectivity index (χ0n) is 18.5. The summed E-state index contributed by atoms with van der Waals surface area (Å²) in [5.74, 6) is -0.0970. The fourth-order valence-corrected chi connectivity index (χ4v) is 6.28.